The van der Waals surface area contributed by atoms with Gasteiger partial charge in [-0.3, -0.25) is 12.6 Å². The first-order valence-corrected chi connectivity index (χ1v) is 7.17. The fourth-order valence-corrected chi connectivity index (χ4v) is 0. The molecular formula is Cl3IrO6S3. The van der Waals surface area contributed by atoms with Crippen molar-refractivity contribution in [3.05, 3.63) is 0 Å². The van der Waals surface area contributed by atoms with Crippen molar-refractivity contribution in [2.45, 2.75) is 0 Å². The zero-order valence-electron chi connectivity index (χ0n) is 5.14. The van der Waals surface area contributed by atoms with Crippen LogP contribution in [0.1, 0.15) is 0 Å². The van der Waals surface area contributed by atoms with Gasteiger partial charge >= 0.3 is 20.1 Å². The molecule has 0 aliphatic rings. The molecule has 0 bridgehead atoms. The molecule has 13 heavy (non-hydrogen) atoms. The maximum absolute atomic E-state index is 8.77. The first kappa shape index (κ1) is 24.2. The van der Waals surface area contributed by atoms with Gasteiger partial charge in [0.05, 0.1) is 0 Å². The number of hydrogen-bond acceptors (Lipinski definition) is 6. The van der Waals surface area contributed by atoms with Gasteiger partial charge in [0.2, 0.25) is 0 Å². The minimum Gasteiger partial charge on any atom is -0.760 e. The van der Waals surface area contributed by atoms with Crippen LogP contribution in [0, 0.1) is 0 Å². The summed E-state index contributed by atoms with van der Waals surface area (Å²) in [5.74, 6) is 0. The molecule has 84 valence electrons. The monoisotopic (exact) mass is 490 g/mol. The smallest absolute Gasteiger partial charge is 0.760 e. The van der Waals surface area contributed by atoms with Crippen LogP contribution in [0.2, 0.25) is 0 Å². The number of rotatable bonds is 0. The summed E-state index contributed by atoms with van der Waals surface area (Å²) in [4.78, 5) is 0. The second kappa shape index (κ2) is 19.4. The summed E-state index contributed by atoms with van der Waals surface area (Å²) in [6, 6.07) is 0. The molecule has 0 amide bonds. The molecule has 13 heteroatoms. The fraction of sp³-hybridized carbons (Fsp3) is 0. The number of hydrogen-bond donors (Lipinski definition) is 0. The van der Waals surface area contributed by atoms with E-state index >= 15 is 0 Å². The van der Waals surface area contributed by atoms with Crippen molar-refractivity contribution >= 4 is 62.9 Å². The Morgan fingerprint density at radius 2 is 0.692 bits per heavy atom. The normalized spacial score (nSPS) is 14.3. The second-order valence-electron chi connectivity index (χ2n) is 0.582. The molecule has 0 aliphatic heterocycles. The third-order valence-corrected chi connectivity index (χ3v) is 0. The standard InChI is InChI=1S/3ClHO2S.Ir/c3*1-4(2)3;/h3*(H,2,3);/q;;;+3/p-3. The van der Waals surface area contributed by atoms with Crippen molar-refractivity contribution < 1.29 is 46.4 Å². The first-order valence-electron chi connectivity index (χ1n) is 1.46. The van der Waals surface area contributed by atoms with Crippen LogP contribution in [0.3, 0.4) is 0 Å². The average Bonchev–Trinajstić information content (AvgIpc) is 1.54. The van der Waals surface area contributed by atoms with Crippen LogP contribution in [0.25, 0.3) is 0 Å². The molecule has 0 aromatic heterocycles. The SMILES string of the molecule is O=S([O-])Cl.O=S([O-])Cl.O=S([O-])Cl.[Ir+3]. The molecule has 3 unspecified atom stereocenters. The van der Waals surface area contributed by atoms with Crippen LogP contribution in [0.15, 0.2) is 0 Å². The first-order chi connectivity index (χ1) is 5.20. The predicted molar refractivity (Wildman–Crippen MR) is 44.3 cm³/mol. The minimum absolute atomic E-state index is 0. The quantitative estimate of drug-likeness (QED) is 0.350. The third kappa shape index (κ3) is 569. The Labute approximate surface area is 108 Å². The summed E-state index contributed by atoms with van der Waals surface area (Å²) >= 11 is 0. The largest absolute Gasteiger partial charge is 3.00 e. The molecule has 0 aromatic rings. The molecular weight excluding hydrogens is 491 g/mol. The molecule has 0 saturated carbocycles. The zero-order valence-corrected chi connectivity index (χ0v) is 12.3. The van der Waals surface area contributed by atoms with Gasteiger partial charge in [-0.1, -0.05) is 0 Å². The Morgan fingerprint density at radius 1 is 0.692 bits per heavy atom. The van der Waals surface area contributed by atoms with Gasteiger partial charge in [0.15, 0.2) is 0 Å². The molecule has 6 nitrogen and oxygen atoms in total. The summed E-state index contributed by atoms with van der Waals surface area (Å²) in [6.45, 7) is 0. The van der Waals surface area contributed by atoms with E-state index in [1.54, 1.807) is 0 Å². The predicted octanol–water partition coefficient (Wildman–Crippen LogP) is 0.0554. The van der Waals surface area contributed by atoms with Crippen molar-refractivity contribution in [2.75, 3.05) is 0 Å². The van der Waals surface area contributed by atoms with Gasteiger partial charge in [-0.2, -0.15) is 0 Å². The number of halogens is 3. The van der Waals surface area contributed by atoms with E-state index in [-0.39, 0.29) is 20.1 Å². The Morgan fingerprint density at radius 3 is 0.692 bits per heavy atom. The van der Waals surface area contributed by atoms with E-state index in [0.717, 1.165) is 0 Å². The van der Waals surface area contributed by atoms with Crippen molar-refractivity contribution in [1.29, 1.82) is 0 Å². The van der Waals surface area contributed by atoms with Gasteiger partial charge in [0.1, 0.15) is 0 Å². The molecule has 0 radical (unpaired) electrons. The molecule has 0 spiro atoms. The van der Waals surface area contributed by atoms with Crippen LogP contribution < -0.4 is 0 Å². The summed E-state index contributed by atoms with van der Waals surface area (Å²) in [7, 11) is 5.41. The Bertz CT molecular complexity index is 121. The van der Waals surface area contributed by atoms with E-state index in [0.29, 0.717) is 0 Å². The van der Waals surface area contributed by atoms with E-state index < -0.39 is 30.9 Å². The third-order valence-electron chi connectivity index (χ3n) is 0. The second-order valence-corrected chi connectivity index (χ2v) is 4.01. The van der Waals surface area contributed by atoms with Crippen molar-refractivity contribution in [3.8, 4) is 0 Å². The summed E-state index contributed by atoms with van der Waals surface area (Å²) in [5, 5.41) is 0. The fourth-order valence-electron chi connectivity index (χ4n) is 0. The minimum atomic E-state index is -2.39. The van der Waals surface area contributed by atoms with E-state index in [2.05, 4.69) is 32.0 Å². The molecule has 3 atom stereocenters. The van der Waals surface area contributed by atoms with E-state index in [1.807, 2.05) is 0 Å². The van der Waals surface area contributed by atoms with Crippen LogP contribution in [0.4, 0.5) is 0 Å². The topological polar surface area (TPSA) is 120 Å². The van der Waals surface area contributed by atoms with Gasteiger partial charge in [-0.15, -0.1) is 0 Å². The summed E-state index contributed by atoms with van der Waals surface area (Å²) < 4.78 is 52.6. The van der Waals surface area contributed by atoms with Crippen LogP contribution in [-0.4, -0.2) is 26.3 Å². The maximum atomic E-state index is 8.77. The van der Waals surface area contributed by atoms with Crippen LogP contribution >= 0.6 is 32.0 Å². The zero-order chi connectivity index (χ0) is 10.7. The van der Waals surface area contributed by atoms with Gasteiger partial charge in [-0.05, 0) is 32.0 Å². The van der Waals surface area contributed by atoms with E-state index in [4.69, 9.17) is 26.3 Å². The van der Waals surface area contributed by atoms with Gasteiger partial charge < -0.3 is 13.7 Å². The Hall–Kier alpha value is 1.85. The molecule has 0 saturated heterocycles. The molecule has 0 rings (SSSR count). The van der Waals surface area contributed by atoms with E-state index in [9.17, 15) is 0 Å². The van der Waals surface area contributed by atoms with Crippen LogP contribution in [0.5, 0.6) is 0 Å². The molecule has 0 aromatic carbocycles. The van der Waals surface area contributed by atoms with Gasteiger partial charge in [0.25, 0.3) is 0 Å². The van der Waals surface area contributed by atoms with Gasteiger partial charge in [-0.25, -0.2) is 0 Å². The summed E-state index contributed by atoms with van der Waals surface area (Å²) in [6.07, 6.45) is 0. The summed E-state index contributed by atoms with van der Waals surface area (Å²) in [5.41, 5.74) is 0. The van der Waals surface area contributed by atoms with Crippen molar-refractivity contribution in [2.24, 2.45) is 0 Å². The Kier molecular flexibility index (Phi) is 36.2. The Balaban J connectivity index is -0.0000000450. The van der Waals surface area contributed by atoms with Crippen molar-refractivity contribution in [1.82, 2.24) is 0 Å². The van der Waals surface area contributed by atoms with Crippen molar-refractivity contribution in [3.63, 3.8) is 0 Å². The van der Waals surface area contributed by atoms with Crippen LogP contribution in [-0.2, 0) is 51.0 Å². The molecule has 0 fully saturated rings. The van der Waals surface area contributed by atoms with E-state index in [1.165, 1.54) is 0 Å². The maximum Gasteiger partial charge on any atom is 3.00 e. The molecule has 0 heterocycles. The molecule has 0 N–H and O–H groups in total. The van der Waals surface area contributed by atoms with Gasteiger partial charge in [0, 0.05) is 30.9 Å². The molecule has 0 aliphatic carbocycles. The average molecular weight is 491 g/mol.